The van der Waals surface area contributed by atoms with E-state index in [9.17, 15) is 30.4 Å². The molecule has 0 unspecified atom stereocenters. The summed E-state index contributed by atoms with van der Waals surface area (Å²) in [7, 11) is 0. The molecule has 10 nitrogen and oxygen atoms in total. The van der Waals surface area contributed by atoms with E-state index in [1.54, 1.807) is 0 Å². The van der Waals surface area contributed by atoms with Gasteiger partial charge < -0.3 is 10.2 Å². The number of nitrogens with zero attached hydrogens (tertiary/aromatic N) is 3. The maximum atomic E-state index is 10.7. The zero-order valence-corrected chi connectivity index (χ0v) is 11.4. The number of phenols is 2. The summed E-state index contributed by atoms with van der Waals surface area (Å²) in [6.45, 7) is 0. The fraction of sp³-hybridized carbons (Fsp3) is 0. The molecule has 0 bridgehead atoms. The Balaban J connectivity index is 2.21. The summed E-state index contributed by atoms with van der Waals surface area (Å²) in [6, 6.07) is 7.32. The van der Waals surface area contributed by atoms with Gasteiger partial charge in [-0.05, 0) is 6.07 Å². The molecule has 0 aliphatic heterocycles. The lowest BCUT2D eigenvalue weighted by Gasteiger charge is -2.02. The van der Waals surface area contributed by atoms with E-state index in [2.05, 4.69) is 10.5 Å². The molecule has 0 atom stereocenters. The van der Waals surface area contributed by atoms with Gasteiger partial charge in [0.1, 0.15) is 5.75 Å². The monoisotopic (exact) mass is 318 g/mol. The molecule has 0 heterocycles. The number of aromatic hydroxyl groups is 2. The Morgan fingerprint density at radius 3 is 2.43 bits per heavy atom. The minimum absolute atomic E-state index is 0.00701. The van der Waals surface area contributed by atoms with Crippen molar-refractivity contribution in [2.45, 2.75) is 0 Å². The number of phenolic OH excluding ortho intramolecular Hbond substituents is 2. The topological polar surface area (TPSA) is 151 Å². The Hall–Kier alpha value is -3.69. The number of non-ortho nitro benzene ring substituents is 1. The molecule has 23 heavy (non-hydrogen) atoms. The van der Waals surface area contributed by atoms with Crippen molar-refractivity contribution >= 4 is 23.3 Å². The number of nitro groups is 2. The predicted molar refractivity (Wildman–Crippen MR) is 80.7 cm³/mol. The second kappa shape index (κ2) is 6.39. The second-order valence-corrected chi connectivity index (χ2v) is 4.33. The first-order valence-electron chi connectivity index (χ1n) is 6.12. The molecular formula is C13H10N4O6. The van der Waals surface area contributed by atoms with Crippen LogP contribution in [0.4, 0.5) is 17.1 Å². The van der Waals surface area contributed by atoms with Crippen molar-refractivity contribution < 1.29 is 20.1 Å². The molecule has 10 heteroatoms. The van der Waals surface area contributed by atoms with E-state index >= 15 is 0 Å². The first kappa shape index (κ1) is 15.7. The average molecular weight is 318 g/mol. The molecule has 0 aliphatic rings. The van der Waals surface area contributed by atoms with Crippen LogP contribution in [-0.2, 0) is 0 Å². The normalized spacial score (nSPS) is 10.6. The maximum absolute atomic E-state index is 10.7. The fourth-order valence-corrected chi connectivity index (χ4v) is 1.70. The number of hydrazone groups is 1. The van der Waals surface area contributed by atoms with Crippen LogP contribution in [0, 0.1) is 20.2 Å². The third kappa shape index (κ3) is 3.69. The summed E-state index contributed by atoms with van der Waals surface area (Å²) < 4.78 is 0. The van der Waals surface area contributed by atoms with Gasteiger partial charge in [0.05, 0.1) is 21.7 Å². The summed E-state index contributed by atoms with van der Waals surface area (Å²) in [6.07, 6.45) is 1.08. The van der Waals surface area contributed by atoms with Crippen LogP contribution in [0.3, 0.4) is 0 Å². The fourth-order valence-electron chi connectivity index (χ4n) is 1.70. The van der Waals surface area contributed by atoms with Crippen molar-refractivity contribution in [1.29, 1.82) is 0 Å². The van der Waals surface area contributed by atoms with E-state index in [1.165, 1.54) is 24.3 Å². The average Bonchev–Trinajstić information content (AvgIpc) is 2.49. The van der Waals surface area contributed by atoms with E-state index in [0.717, 1.165) is 18.3 Å². The Kier molecular flexibility index (Phi) is 4.36. The molecule has 2 rings (SSSR count). The van der Waals surface area contributed by atoms with Gasteiger partial charge in [-0.15, -0.1) is 0 Å². The molecule has 0 aromatic heterocycles. The summed E-state index contributed by atoms with van der Waals surface area (Å²) in [4.78, 5) is 20.0. The number of hydrogen-bond donors (Lipinski definition) is 3. The highest BCUT2D eigenvalue weighted by atomic mass is 16.6. The molecule has 0 amide bonds. The van der Waals surface area contributed by atoms with E-state index in [0.29, 0.717) is 5.69 Å². The molecular weight excluding hydrogens is 308 g/mol. The summed E-state index contributed by atoms with van der Waals surface area (Å²) in [5.41, 5.74) is 2.10. The van der Waals surface area contributed by atoms with Crippen molar-refractivity contribution in [1.82, 2.24) is 0 Å². The molecule has 0 radical (unpaired) electrons. The Morgan fingerprint density at radius 1 is 1.04 bits per heavy atom. The molecule has 0 spiro atoms. The van der Waals surface area contributed by atoms with Crippen LogP contribution >= 0.6 is 0 Å². The number of nitrogens with one attached hydrogen (secondary N) is 1. The molecule has 3 N–H and O–H groups in total. The van der Waals surface area contributed by atoms with Crippen LogP contribution in [-0.4, -0.2) is 26.3 Å². The van der Waals surface area contributed by atoms with Crippen molar-refractivity contribution in [3.05, 3.63) is 62.2 Å². The van der Waals surface area contributed by atoms with Crippen LogP contribution in [0.1, 0.15) is 5.56 Å². The van der Waals surface area contributed by atoms with Gasteiger partial charge in [0.15, 0.2) is 5.75 Å². The minimum atomic E-state index is -0.805. The van der Waals surface area contributed by atoms with Crippen LogP contribution in [0.15, 0.2) is 41.5 Å². The lowest BCUT2D eigenvalue weighted by atomic mass is 10.2. The van der Waals surface area contributed by atoms with Gasteiger partial charge in [-0.25, -0.2) is 0 Å². The van der Waals surface area contributed by atoms with Crippen molar-refractivity contribution in [2.24, 2.45) is 5.10 Å². The molecule has 0 aliphatic carbocycles. The number of hydrogen-bond acceptors (Lipinski definition) is 8. The minimum Gasteiger partial charge on any atom is -0.507 e. The smallest absolute Gasteiger partial charge is 0.311 e. The maximum Gasteiger partial charge on any atom is 0.311 e. The van der Waals surface area contributed by atoms with Crippen molar-refractivity contribution in [3.8, 4) is 11.5 Å². The highest BCUT2D eigenvalue weighted by Gasteiger charge is 2.16. The second-order valence-electron chi connectivity index (χ2n) is 4.33. The summed E-state index contributed by atoms with van der Waals surface area (Å²) >= 11 is 0. The largest absolute Gasteiger partial charge is 0.507 e. The van der Waals surface area contributed by atoms with E-state index in [1.807, 2.05) is 0 Å². The Bertz CT molecular complexity index is 805. The lowest BCUT2D eigenvalue weighted by molar-refractivity contribution is -0.385. The lowest BCUT2D eigenvalue weighted by Crippen LogP contribution is -1.95. The van der Waals surface area contributed by atoms with Gasteiger partial charge in [0, 0.05) is 29.8 Å². The molecule has 118 valence electrons. The Labute approximate surface area is 128 Å². The van der Waals surface area contributed by atoms with Crippen LogP contribution in [0.25, 0.3) is 0 Å². The molecule has 0 fully saturated rings. The van der Waals surface area contributed by atoms with Gasteiger partial charge in [-0.2, -0.15) is 5.10 Å². The van der Waals surface area contributed by atoms with E-state index in [-0.39, 0.29) is 11.3 Å². The highest BCUT2D eigenvalue weighted by molar-refractivity contribution is 5.86. The summed E-state index contributed by atoms with van der Waals surface area (Å²) in [5, 5.41) is 44.1. The van der Waals surface area contributed by atoms with Crippen LogP contribution in [0.2, 0.25) is 0 Å². The third-order valence-corrected chi connectivity index (χ3v) is 2.77. The zero-order valence-electron chi connectivity index (χ0n) is 11.4. The SMILES string of the molecule is O=[N+]([O-])c1cccc(NN=Cc2cc([N+](=O)[O-])c(O)cc2O)c1. The number of rotatable bonds is 5. The van der Waals surface area contributed by atoms with Gasteiger partial charge in [-0.3, -0.25) is 25.7 Å². The number of benzene rings is 2. The van der Waals surface area contributed by atoms with Crippen molar-refractivity contribution in [2.75, 3.05) is 5.43 Å². The molecule has 0 saturated carbocycles. The van der Waals surface area contributed by atoms with Crippen molar-refractivity contribution in [3.63, 3.8) is 0 Å². The van der Waals surface area contributed by atoms with Gasteiger partial charge in [0.2, 0.25) is 0 Å². The van der Waals surface area contributed by atoms with Gasteiger partial charge in [0.25, 0.3) is 5.69 Å². The van der Waals surface area contributed by atoms with Crippen LogP contribution < -0.4 is 5.43 Å². The number of nitro benzene ring substituents is 2. The first-order chi connectivity index (χ1) is 10.9. The zero-order chi connectivity index (χ0) is 17.0. The highest BCUT2D eigenvalue weighted by Crippen LogP contribution is 2.32. The standard InChI is InChI=1S/C13H10N4O6/c18-12-6-13(19)11(17(22)23)4-8(12)7-14-15-9-2-1-3-10(5-9)16(20)21/h1-7,15,18-19H. The van der Waals surface area contributed by atoms with E-state index in [4.69, 9.17) is 0 Å². The molecule has 2 aromatic carbocycles. The predicted octanol–water partition coefficient (Wildman–Crippen LogP) is 2.36. The summed E-state index contributed by atoms with van der Waals surface area (Å²) in [5.74, 6) is -1.08. The van der Waals surface area contributed by atoms with Gasteiger partial charge in [-0.1, -0.05) is 6.07 Å². The number of anilines is 1. The third-order valence-electron chi connectivity index (χ3n) is 2.77. The first-order valence-corrected chi connectivity index (χ1v) is 6.12. The van der Waals surface area contributed by atoms with Gasteiger partial charge >= 0.3 is 5.69 Å². The molecule has 0 saturated heterocycles. The van der Waals surface area contributed by atoms with Crippen LogP contribution in [0.5, 0.6) is 11.5 Å². The molecule has 2 aromatic rings. The van der Waals surface area contributed by atoms with E-state index < -0.39 is 27.0 Å². The quantitative estimate of drug-likeness (QED) is 0.434. The Morgan fingerprint density at radius 2 is 1.78 bits per heavy atom.